The predicted molar refractivity (Wildman–Crippen MR) is 91.3 cm³/mol. The quantitative estimate of drug-likeness (QED) is 0.768. The highest BCUT2D eigenvalue weighted by Crippen LogP contribution is 2.31. The Kier molecular flexibility index (Phi) is 3.68. The summed E-state index contributed by atoms with van der Waals surface area (Å²) < 4.78 is 15.6. The van der Waals surface area contributed by atoms with E-state index >= 15 is 0 Å². The number of aryl methyl sites for hydroxylation is 1. The minimum Gasteiger partial charge on any atom is -0.512 e. The molecule has 25 heavy (non-hydrogen) atoms. The lowest BCUT2D eigenvalue weighted by molar-refractivity contribution is -0.115. The van der Waals surface area contributed by atoms with E-state index < -0.39 is 11.7 Å². The van der Waals surface area contributed by atoms with Crippen LogP contribution in [0.5, 0.6) is 0 Å². The SMILES string of the molecule is O=C(CC1=C(O)CCn2c1nc1ccccc12)Nc1ccncc1F. The van der Waals surface area contributed by atoms with Gasteiger partial charge >= 0.3 is 0 Å². The van der Waals surface area contributed by atoms with E-state index in [0.29, 0.717) is 24.4 Å². The number of carbonyl (C=O) groups excluding carboxylic acids is 1. The van der Waals surface area contributed by atoms with Gasteiger partial charge in [0.25, 0.3) is 0 Å². The molecule has 6 nitrogen and oxygen atoms in total. The van der Waals surface area contributed by atoms with Crippen molar-refractivity contribution >= 4 is 28.2 Å². The van der Waals surface area contributed by atoms with Crippen LogP contribution in [0.1, 0.15) is 18.7 Å². The van der Waals surface area contributed by atoms with Crippen molar-refractivity contribution in [2.45, 2.75) is 19.4 Å². The van der Waals surface area contributed by atoms with Gasteiger partial charge in [0.15, 0.2) is 5.82 Å². The maximum absolute atomic E-state index is 13.6. The fraction of sp³-hybridized carbons (Fsp3) is 0.167. The van der Waals surface area contributed by atoms with Crippen LogP contribution in [0.2, 0.25) is 0 Å². The number of carbonyl (C=O) groups is 1. The number of rotatable bonds is 3. The van der Waals surface area contributed by atoms with Crippen LogP contribution in [0.3, 0.4) is 0 Å². The zero-order valence-electron chi connectivity index (χ0n) is 13.2. The molecule has 1 aromatic carbocycles. The first kappa shape index (κ1) is 15.3. The summed E-state index contributed by atoms with van der Waals surface area (Å²) in [4.78, 5) is 20.5. The highest BCUT2D eigenvalue weighted by molar-refractivity contribution is 5.98. The van der Waals surface area contributed by atoms with Crippen LogP contribution in [0.25, 0.3) is 16.6 Å². The lowest BCUT2D eigenvalue weighted by atomic mass is 10.0. The van der Waals surface area contributed by atoms with Gasteiger partial charge in [0.1, 0.15) is 11.6 Å². The highest BCUT2D eigenvalue weighted by atomic mass is 19.1. The molecule has 3 aromatic rings. The molecule has 0 unspecified atom stereocenters. The van der Waals surface area contributed by atoms with Crippen molar-refractivity contribution in [1.29, 1.82) is 0 Å². The van der Waals surface area contributed by atoms with Crippen molar-refractivity contribution in [1.82, 2.24) is 14.5 Å². The number of para-hydroxylation sites is 2. The number of fused-ring (bicyclic) bond motifs is 3. The van der Waals surface area contributed by atoms with Gasteiger partial charge in [-0.3, -0.25) is 9.78 Å². The largest absolute Gasteiger partial charge is 0.512 e. The molecule has 1 amide bonds. The average Bonchev–Trinajstić information content (AvgIpc) is 2.98. The molecule has 2 aromatic heterocycles. The topological polar surface area (TPSA) is 80.0 Å². The molecular weight excluding hydrogens is 323 g/mol. The van der Waals surface area contributed by atoms with Gasteiger partial charge in [0.2, 0.25) is 5.91 Å². The van der Waals surface area contributed by atoms with Gasteiger partial charge in [-0.15, -0.1) is 0 Å². The highest BCUT2D eigenvalue weighted by Gasteiger charge is 2.24. The van der Waals surface area contributed by atoms with E-state index in [1.165, 1.54) is 12.3 Å². The van der Waals surface area contributed by atoms with Crippen molar-refractivity contribution in [2.24, 2.45) is 0 Å². The average molecular weight is 338 g/mol. The lowest BCUT2D eigenvalue weighted by Gasteiger charge is -2.19. The number of benzene rings is 1. The second kappa shape index (κ2) is 6.01. The van der Waals surface area contributed by atoms with Crippen LogP contribution < -0.4 is 5.32 Å². The second-order valence-electron chi connectivity index (χ2n) is 5.83. The molecule has 0 fully saturated rings. The molecule has 1 aliphatic rings. The molecule has 7 heteroatoms. The van der Waals surface area contributed by atoms with Crippen molar-refractivity contribution in [3.8, 4) is 0 Å². The van der Waals surface area contributed by atoms with E-state index in [1.807, 2.05) is 28.8 Å². The number of imidazole rings is 1. The molecule has 0 spiro atoms. The van der Waals surface area contributed by atoms with Crippen LogP contribution in [-0.2, 0) is 11.3 Å². The number of hydrogen-bond donors (Lipinski definition) is 2. The van der Waals surface area contributed by atoms with E-state index in [2.05, 4.69) is 15.3 Å². The zero-order chi connectivity index (χ0) is 17.4. The summed E-state index contributed by atoms with van der Waals surface area (Å²) in [6.07, 6.45) is 2.78. The van der Waals surface area contributed by atoms with Gasteiger partial charge in [0, 0.05) is 24.7 Å². The maximum atomic E-state index is 13.6. The summed E-state index contributed by atoms with van der Waals surface area (Å²) in [6.45, 7) is 0.603. The molecule has 1 aliphatic heterocycles. The van der Waals surface area contributed by atoms with Crippen molar-refractivity contribution in [2.75, 3.05) is 5.32 Å². The summed E-state index contributed by atoms with van der Waals surface area (Å²) in [5.74, 6) is -0.305. The Bertz CT molecular complexity index is 1010. The van der Waals surface area contributed by atoms with Crippen molar-refractivity contribution in [3.63, 3.8) is 0 Å². The third-order valence-electron chi connectivity index (χ3n) is 4.23. The Morgan fingerprint density at radius 3 is 3.00 bits per heavy atom. The zero-order valence-corrected chi connectivity index (χ0v) is 13.2. The fourth-order valence-electron chi connectivity index (χ4n) is 3.04. The number of amides is 1. The third kappa shape index (κ3) is 2.73. The molecular formula is C18H15FN4O2. The molecule has 2 N–H and O–H groups in total. The number of aliphatic hydroxyl groups is 1. The maximum Gasteiger partial charge on any atom is 0.229 e. The number of aliphatic hydroxyl groups excluding tert-OH is 1. The standard InChI is InChI=1S/C18H15FN4O2/c19-12-10-20-7-5-13(12)21-17(25)9-11-16(24)6-8-23-15-4-2-1-3-14(15)22-18(11)23/h1-5,7,10,24H,6,8-9H2,(H,20,21,25). The normalized spacial score (nSPS) is 13.8. The number of aromatic nitrogens is 3. The Labute approximate surface area is 142 Å². The summed E-state index contributed by atoms with van der Waals surface area (Å²) in [5, 5.41) is 12.8. The number of halogens is 1. The summed E-state index contributed by atoms with van der Waals surface area (Å²) >= 11 is 0. The predicted octanol–water partition coefficient (Wildman–Crippen LogP) is 3.27. The minimum atomic E-state index is -0.607. The molecule has 0 bridgehead atoms. The van der Waals surface area contributed by atoms with E-state index in [4.69, 9.17) is 0 Å². The summed E-state index contributed by atoms with van der Waals surface area (Å²) in [6, 6.07) is 9.05. The molecule has 3 heterocycles. The van der Waals surface area contributed by atoms with Crippen LogP contribution >= 0.6 is 0 Å². The molecule has 0 saturated carbocycles. The first-order valence-corrected chi connectivity index (χ1v) is 7.89. The van der Waals surface area contributed by atoms with Gasteiger partial charge in [-0.05, 0) is 18.2 Å². The Morgan fingerprint density at radius 1 is 1.32 bits per heavy atom. The molecule has 0 saturated heterocycles. The van der Waals surface area contributed by atoms with E-state index in [0.717, 1.165) is 17.2 Å². The number of nitrogens with zero attached hydrogens (tertiary/aromatic N) is 3. The number of hydrogen-bond acceptors (Lipinski definition) is 4. The molecule has 0 radical (unpaired) electrons. The number of anilines is 1. The Morgan fingerprint density at radius 2 is 2.16 bits per heavy atom. The van der Waals surface area contributed by atoms with Crippen LogP contribution in [-0.4, -0.2) is 25.5 Å². The summed E-state index contributed by atoms with van der Waals surface area (Å²) in [5.41, 5.74) is 2.30. The Hall–Kier alpha value is -3.22. The third-order valence-corrected chi connectivity index (χ3v) is 4.23. The number of allylic oxidation sites excluding steroid dienone is 1. The van der Waals surface area contributed by atoms with Gasteiger partial charge in [-0.1, -0.05) is 12.1 Å². The molecule has 126 valence electrons. The molecule has 0 atom stereocenters. The second-order valence-corrected chi connectivity index (χ2v) is 5.83. The van der Waals surface area contributed by atoms with Crippen molar-refractivity contribution in [3.05, 3.63) is 60.1 Å². The van der Waals surface area contributed by atoms with Crippen LogP contribution in [0.4, 0.5) is 10.1 Å². The first-order chi connectivity index (χ1) is 12.1. The van der Waals surface area contributed by atoms with Crippen LogP contribution in [0.15, 0.2) is 48.5 Å². The van der Waals surface area contributed by atoms with E-state index in [-0.39, 0.29) is 17.9 Å². The smallest absolute Gasteiger partial charge is 0.229 e. The van der Waals surface area contributed by atoms with E-state index in [9.17, 15) is 14.3 Å². The van der Waals surface area contributed by atoms with Gasteiger partial charge in [0.05, 0.1) is 29.3 Å². The first-order valence-electron chi connectivity index (χ1n) is 7.89. The fourth-order valence-corrected chi connectivity index (χ4v) is 3.04. The minimum absolute atomic E-state index is 0.0596. The van der Waals surface area contributed by atoms with Crippen molar-refractivity contribution < 1.29 is 14.3 Å². The Balaban J connectivity index is 1.64. The van der Waals surface area contributed by atoms with Crippen LogP contribution in [0, 0.1) is 5.82 Å². The number of pyridine rings is 1. The van der Waals surface area contributed by atoms with E-state index in [1.54, 1.807) is 0 Å². The van der Waals surface area contributed by atoms with Gasteiger partial charge in [-0.25, -0.2) is 9.37 Å². The molecule has 4 rings (SSSR count). The van der Waals surface area contributed by atoms with Gasteiger partial charge in [-0.2, -0.15) is 0 Å². The lowest BCUT2D eigenvalue weighted by Crippen LogP contribution is -2.18. The molecule has 0 aliphatic carbocycles. The van der Waals surface area contributed by atoms with Gasteiger partial charge < -0.3 is 15.0 Å². The summed E-state index contributed by atoms with van der Waals surface area (Å²) in [7, 11) is 0. The monoisotopic (exact) mass is 338 g/mol. The number of nitrogens with one attached hydrogen (secondary N) is 1.